The normalized spacial score (nSPS) is 27.0. The van der Waals surface area contributed by atoms with Gasteiger partial charge in [0, 0.05) is 18.5 Å². The van der Waals surface area contributed by atoms with Crippen LogP contribution in [-0.2, 0) is 11.3 Å². The van der Waals surface area contributed by atoms with Crippen LogP contribution in [0.2, 0.25) is 0 Å². The zero-order valence-electron chi connectivity index (χ0n) is 16.7. The van der Waals surface area contributed by atoms with E-state index in [0.717, 1.165) is 31.2 Å². The summed E-state index contributed by atoms with van der Waals surface area (Å²) < 4.78 is 5.34. The lowest BCUT2D eigenvalue weighted by molar-refractivity contribution is -0.141. The van der Waals surface area contributed by atoms with Gasteiger partial charge >= 0.3 is 0 Å². The zero-order valence-corrected chi connectivity index (χ0v) is 17.5. The lowest BCUT2D eigenvalue weighted by Crippen LogP contribution is -2.50. The maximum absolute atomic E-state index is 13.5. The lowest BCUT2D eigenvalue weighted by Gasteiger charge is -2.44. The van der Waals surface area contributed by atoms with Crippen molar-refractivity contribution in [2.45, 2.75) is 50.8 Å². The Morgan fingerprint density at radius 1 is 1.14 bits per heavy atom. The van der Waals surface area contributed by atoms with Crippen LogP contribution in [0.25, 0.3) is 0 Å². The first-order valence-corrected chi connectivity index (χ1v) is 10.4. The highest BCUT2D eigenvalue weighted by atomic mass is 35.5. The number of fused-ring (bicyclic) bond motifs is 2. The molecule has 0 saturated heterocycles. The fourth-order valence-electron chi connectivity index (χ4n) is 5.06. The Balaban J connectivity index is 0.00000240. The maximum Gasteiger partial charge on any atom is 0.226 e. The Labute approximate surface area is 178 Å². The highest BCUT2D eigenvalue weighted by molar-refractivity contribution is 5.85. The molecule has 2 bridgehead atoms. The number of aliphatic hydroxyl groups excluding tert-OH is 1. The summed E-state index contributed by atoms with van der Waals surface area (Å²) in [6.07, 6.45) is 5.97. The third-order valence-electron chi connectivity index (χ3n) is 6.56. The van der Waals surface area contributed by atoms with E-state index in [1.807, 2.05) is 30.3 Å². The minimum atomic E-state index is -0.826. The summed E-state index contributed by atoms with van der Waals surface area (Å²) in [5, 5.41) is 10.6. The Kier molecular flexibility index (Phi) is 7.38. The number of rotatable bonds is 6. The first kappa shape index (κ1) is 21.9. The summed E-state index contributed by atoms with van der Waals surface area (Å²) in [6, 6.07) is 13.7. The van der Waals surface area contributed by atoms with E-state index in [9.17, 15) is 9.90 Å². The molecule has 1 aromatic carbocycles. The number of halogens is 1. The van der Waals surface area contributed by atoms with Gasteiger partial charge in [0.15, 0.2) is 0 Å². The molecule has 1 aromatic heterocycles. The van der Waals surface area contributed by atoms with Crippen LogP contribution >= 0.6 is 12.4 Å². The topological polar surface area (TPSA) is 79.7 Å². The molecule has 3 unspecified atom stereocenters. The van der Waals surface area contributed by atoms with Gasteiger partial charge in [-0.1, -0.05) is 36.8 Å². The standard InChI is InChI=1S/C23H30N2O3.ClH/c24-22-17-8-4-9-18(22)13-19(12-17)23(27)25(14-16-6-2-1-3-7-16)15-20(26)21-10-5-11-28-21;/h1-3,5-7,10-11,17-20,22,26H,4,8-9,12-15,24H2;1H. The van der Waals surface area contributed by atoms with Crippen molar-refractivity contribution in [2.24, 2.45) is 23.5 Å². The lowest BCUT2D eigenvalue weighted by atomic mass is 9.65. The fraction of sp³-hybridized carbons (Fsp3) is 0.522. The van der Waals surface area contributed by atoms with Gasteiger partial charge in [-0.25, -0.2) is 0 Å². The van der Waals surface area contributed by atoms with E-state index in [1.54, 1.807) is 23.3 Å². The van der Waals surface area contributed by atoms with Crippen molar-refractivity contribution in [1.82, 2.24) is 4.90 Å². The Morgan fingerprint density at radius 3 is 2.45 bits per heavy atom. The number of hydrogen-bond donors (Lipinski definition) is 2. The molecule has 2 fully saturated rings. The molecule has 0 aliphatic heterocycles. The second-order valence-corrected chi connectivity index (χ2v) is 8.43. The number of amides is 1. The largest absolute Gasteiger partial charge is 0.467 e. The summed E-state index contributed by atoms with van der Waals surface area (Å²) in [6.45, 7) is 0.731. The van der Waals surface area contributed by atoms with Crippen LogP contribution in [-0.4, -0.2) is 28.5 Å². The van der Waals surface area contributed by atoms with Gasteiger partial charge < -0.3 is 20.2 Å². The molecule has 2 saturated carbocycles. The summed E-state index contributed by atoms with van der Waals surface area (Å²) in [5.74, 6) is 1.54. The van der Waals surface area contributed by atoms with E-state index < -0.39 is 6.10 Å². The average molecular weight is 419 g/mol. The summed E-state index contributed by atoms with van der Waals surface area (Å²) >= 11 is 0. The van der Waals surface area contributed by atoms with E-state index in [4.69, 9.17) is 10.2 Å². The van der Waals surface area contributed by atoms with Crippen molar-refractivity contribution in [1.29, 1.82) is 0 Å². The SMILES string of the molecule is Cl.NC1C2CCCC1CC(C(=O)N(Cc1ccccc1)CC(O)c1ccco1)C2. The van der Waals surface area contributed by atoms with Crippen LogP contribution in [0.5, 0.6) is 0 Å². The van der Waals surface area contributed by atoms with Gasteiger partial charge in [-0.05, 0) is 55.2 Å². The molecule has 6 heteroatoms. The average Bonchev–Trinajstić information content (AvgIpc) is 3.22. The minimum absolute atomic E-state index is 0. The number of furan rings is 1. The first-order chi connectivity index (χ1) is 13.6. The van der Waals surface area contributed by atoms with E-state index in [1.165, 1.54) is 6.42 Å². The van der Waals surface area contributed by atoms with Crippen molar-refractivity contribution < 1.29 is 14.3 Å². The zero-order chi connectivity index (χ0) is 19.5. The second-order valence-electron chi connectivity index (χ2n) is 8.43. The maximum atomic E-state index is 13.5. The molecule has 4 rings (SSSR count). The molecule has 3 atom stereocenters. The number of nitrogens with two attached hydrogens (primary N) is 1. The summed E-state index contributed by atoms with van der Waals surface area (Å²) in [7, 11) is 0. The fourth-order valence-corrected chi connectivity index (χ4v) is 5.06. The van der Waals surface area contributed by atoms with Crippen molar-refractivity contribution in [3.8, 4) is 0 Å². The van der Waals surface area contributed by atoms with Crippen LogP contribution in [0.3, 0.4) is 0 Å². The second kappa shape index (κ2) is 9.79. The van der Waals surface area contributed by atoms with Gasteiger partial charge in [-0.3, -0.25) is 4.79 Å². The van der Waals surface area contributed by atoms with Gasteiger partial charge in [0.25, 0.3) is 0 Å². The van der Waals surface area contributed by atoms with Crippen LogP contribution in [0.1, 0.15) is 49.5 Å². The molecular formula is C23H31ClN2O3. The van der Waals surface area contributed by atoms with E-state index in [-0.39, 0.29) is 36.8 Å². The quantitative estimate of drug-likeness (QED) is 0.745. The van der Waals surface area contributed by atoms with Gasteiger partial charge in [0.2, 0.25) is 5.91 Å². The number of carbonyl (C=O) groups is 1. The van der Waals surface area contributed by atoms with Gasteiger partial charge in [-0.15, -0.1) is 12.4 Å². The third kappa shape index (κ3) is 5.03. The molecule has 0 spiro atoms. The van der Waals surface area contributed by atoms with Crippen molar-refractivity contribution in [3.63, 3.8) is 0 Å². The Bertz CT molecular complexity index is 754. The minimum Gasteiger partial charge on any atom is -0.467 e. The molecule has 2 aromatic rings. The predicted molar refractivity (Wildman–Crippen MR) is 114 cm³/mol. The molecule has 5 nitrogen and oxygen atoms in total. The molecule has 0 radical (unpaired) electrons. The molecule has 2 aliphatic carbocycles. The highest BCUT2D eigenvalue weighted by Gasteiger charge is 2.41. The van der Waals surface area contributed by atoms with E-state index in [0.29, 0.717) is 24.1 Å². The van der Waals surface area contributed by atoms with Crippen LogP contribution in [0.4, 0.5) is 0 Å². The van der Waals surface area contributed by atoms with E-state index >= 15 is 0 Å². The van der Waals surface area contributed by atoms with Gasteiger partial charge in [-0.2, -0.15) is 0 Å². The summed E-state index contributed by atoms with van der Waals surface area (Å²) in [5.41, 5.74) is 7.48. The number of hydrogen-bond acceptors (Lipinski definition) is 4. The van der Waals surface area contributed by atoms with Crippen molar-refractivity contribution >= 4 is 18.3 Å². The van der Waals surface area contributed by atoms with Crippen LogP contribution in [0.15, 0.2) is 53.1 Å². The van der Waals surface area contributed by atoms with Gasteiger partial charge in [0.1, 0.15) is 11.9 Å². The smallest absolute Gasteiger partial charge is 0.226 e. The first-order valence-electron chi connectivity index (χ1n) is 10.4. The summed E-state index contributed by atoms with van der Waals surface area (Å²) in [4.78, 5) is 15.3. The molecule has 2 aliphatic rings. The number of aliphatic hydroxyl groups is 1. The van der Waals surface area contributed by atoms with E-state index in [2.05, 4.69) is 0 Å². The Morgan fingerprint density at radius 2 is 1.83 bits per heavy atom. The molecule has 158 valence electrons. The van der Waals surface area contributed by atoms with Gasteiger partial charge in [0.05, 0.1) is 12.8 Å². The molecule has 1 heterocycles. The number of nitrogens with zero attached hydrogens (tertiary/aromatic N) is 1. The van der Waals surface area contributed by atoms with Crippen molar-refractivity contribution in [3.05, 3.63) is 60.1 Å². The number of carbonyl (C=O) groups excluding carboxylic acids is 1. The number of benzene rings is 1. The van der Waals surface area contributed by atoms with Crippen LogP contribution < -0.4 is 5.73 Å². The Hall–Kier alpha value is -1.82. The monoisotopic (exact) mass is 418 g/mol. The molecule has 29 heavy (non-hydrogen) atoms. The highest BCUT2D eigenvalue weighted by Crippen LogP contribution is 2.42. The molecule has 3 N–H and O–H groups in total. The molecule has 1 amide bonds. The predicted octanol–water partition coefficient (Wildman–Crippen LogP) is 3.92. The molecular weight excluding hydrogens is 388 g/mol. The van der Waals surface area contributed by atoms with Crippen molar-refractivity contribution in [2.75, 3.05) is 6.54 Å². The van der Waals surface area contributed by atoms with Crippen LogP contribution in [0, 0.1) is 17.8 Å². The third-order valence-corrected chi connectivity index (χ3v) is 6.56.